The zero-order valence-electron chi connectivity index (χ0n) is 17.8. The normalized spacial score (nSPS) is 14.7. The van der Waals surface area contributed by atoms with Crippen LogP contribution in [0.2, 0.25) is 5.02 Å². The predicted octanol–water partition coefficient (Wildman–Crippen LogP) is 2.51. The number of benzene rings is 2. The number of carbonyl (C=O) groups excluding carboxylic acids is 2. The van der Waals surface area contributed by atoms with E-state index in [-0.39, 0.29) is 11.8 Å². The molecular weight excluding hydrogens is 398 g/mol. The number of piperazine rings is 1. The summed E-state index contributed by atoms with van der Waals surface area (Å²) in [5.41, 5.74) is 3.15. The van der Waals surface area contributed by atoms with Crippen molar-refractivity contribution in [2.45, 2.75) is 32.7 Å². The highest BCUT2D eigenvalue weighted by Gasteiger charge is 2.23. The number of quaternary nitrogens is 1. The number of hydrogen-bond donors (Lipinski definition) is 2. The van der Waals surface area contributed by atoms with E-state index in [1.54, 1.807) is 24.3 Å². The van der Waals surface area contributed by atoms with E-state index < -0.39 is 0 Å². The van der Waals surface area contributed by atoms with Gasteiger partial charge in [0.1, 0.15) is 6.54 Å². The van der Waals surface area contributed by atoms with Gasteiger partial charge in [-0.2, -0.15) is 0 Å². The number of hydrogen-bond acceptors (Lipinski definition) is 2. The lowest BCUT2D eigenvalue weighted by Crippen LogP contribution is -3.13. The van der Waals surface area contributed by atoms with Gasteiger partial charge in [0.2, 0.25) is 5.91 Å². The van der Waals surface area contributed by atoms with Crippen LogP contribution < -0.4 is 10.2 Å². The van der Waals surface area contributed by atoms with Crippen LogP contribution in [0.3, 0.4) is 0 Å². The molecule has 2 aromatic rings. The van der Waals surface area contributed by atoms with Crippen LogP contribution in [0, 0.1) is 0 Å². The van der Waals surface area contributed by atoms with Gasteiger partial charge in [0.15, 0.2) is 0 Å². The molecule has 0 aliphatic carbocycles. The Kier molecular flexibility index (Phi) is 7.88. The summed E-state index contributed by atoms with van der Waals surface area (Å²) in [5.74, 6) is 0.399. The maximum Gasteiger partial charge on any atom is 0.252 e. The summed E-state index contributed by atoms with van der Waals surface area (Å²) in [6.07, 6.45) is 0.308. The average molecular weight is 429 g/mol. The summed E-state index contributed by atoms with van der Waals surface area (Å²) >= 11 is 6.04. The summed E-state index contributed by atoms with van der Waals surface area (Å²) in [6.45, 7) is 9.14. The second kappa shape index (κ2) is 10.6. The Morgan fingerprint density at radius 2 is 1.73 bits per heavy atom. The van der Waals surface area contributed by atoms with Crippen LogP contribution >= 0.6 is 11.6 Å². The van der Waals surface area contributed by atoms with Gasteiger partial charge in [0.25, 0.3) is 5.91 Å². The third-order valence-electron chi connectivity index (χ3n) is 5.67. The van der Waals surface area contributed by atoms with E-state index in [2.05, 4.69) is 43.4 Å². The first-order valence-electron chi connectivity index (χ1n) is 10.7. The van der Waals surface area contributed by atoms with Gasteiger partial charge in [0, 0.05) is 18.5 Å². The van der Waals surface area contributed by atoms with Gasteiger partial charge in [-0.05, 0) is 23.6 Å². The first-order valence-corrected chi connectivity index (χ1v) is 11.0. The van der Waals surface area contributed by atoms with Gasteiger partial charge in [-0.25, -0.2) is 0 Å². The Balaban J connectivity index is 1.38. The maximum absolute atomic E-state index is 12.5. The second-order valence-electron chi connectivity index (χ2n) is 8.19. The van der Waals surface area contributed by atoms with Crippen molar-refractivity contribution < 1.29 is 14.5 Å². The summed E-state index contributed by atoms with van der Waals surface area (Å²) in [5, 5.41) is 3.20. The smallest absolute Gasteiger partial charge is 0.252 e. The molecule has 1 saturated heterocycles. The lowest BCUT2D eigenvalue weighted by Gasteiger charge is -2.32. The van der Waals surface area contributed by atoms with E-state index in [1.165, 1.54) is 16.0 Å². The zero-order valence-corrected chi connectivity index (χ0v) is 18.5. The highest BCUT2D eigenvalue weighted by atomic mass is 35.5. The van der Waals surface area contributed by atoms with Gasteiger partial charge in [0.05, 0.1) is 36.8 Å². The van der Waals surface area contributed by atoms with E-state index in [9.17, 15) is 9.59 Å². The fourth-order valence-corrected chi connectivity index (χ4v) is 3.96. The molecule has 2 N–H and O–H groups in total. The number of nitrogens with one attached hydrogen (secondary N) is 2. The fraction of sp³-hybridized carbons (Fsp3) is 0.417. The van der Waals surface area contributed by atoms with E-state index in [1.807, 2.05) is 4.90 Å². The molecule has 1 aliphatic heterocycles. The number of rotatable bonds is 7. The van der Waals surface area contributed by atoms with Crippen LogP contribution in [0.5, 0.6) is 0 Å². The number of carbonyl (C=O) groups is 2. The summed E-state index contributed by atoms with van der Waals surface area (Å²) in [6, 6.07) is 15.8. The first kappa shape index (κ1) is 22.3. The van der Waals surface area contributed by atoms with Crippen LogP contribution in [-0.2, 0) is 11.3 Å². The van der Waals surface area contributed by atoms with Gasteiger partial charge < -0.3 is 15.1 Å². The SMILES string of the molecule is CC(C)c1ccc(C[NH+]2CCN(C(=O)CCNC(=O)c3ccccc3Cl)CC2)cc1. The summed E-state index contributed by atoms with van der Waals surface area (Å²) in [4.78, 5) is 28.1. The molecule has 2 amide bonds. The Morgan fingerprint density at radius 3 is 2.37 bits per heavy atom. The number of halogens is 1. The summed E-state index contributed by atoms with van der Waals surface area (Å²) < 4.78 is 0. The van der Waals surface area contributed by atoms with E-state index in [4.69, 9.17) is 11.6 Å². The van der Waals surface area contributed by atoms with Crippen molar-refractivity contribution >= 4 is 23.4 Å². The zero-order chi connectivity index (χ0) is 21.5. The van der Waals surface area contributed by atoms with Gasteiger partial charge in [-0.3, -0.25) is 9.59 Å². The topological polar surface area (TPSA) is 53.9 Å². The number of nitrogens with zero attached hydrogens (tertiary/aromatic N) is 1. The van der Waals surface area contributed by atoms with Gasteiger partial charge in [-0.1, -0.05) is 61.8 Å². The van der Waals surface area contributed by atoms with Crippen LogP contribution in [0.25, 0.3) is 0 Å². The Labute approximate surface area is 184 Å². The van der Waals surface area contributed by atoms with Gasteiger partial charge >= 0.3 is 0 Å². The molecule has 1 fully saturated rings. The van der Waals surface area contributed by atoms with Crippen LogP contribution in [0.4, 0.5) is 0 Å². The lowest BCUT2D eigenvalue weighted by molar-refractivity contribution is -0.917. The highest BCUT2D eigenvalue weighted by Crippen LogP contribution is 2.15. The van der Waals surface area contributed by atoms with Crippen molar-refractivity contribution in [3.63, 3.8) is 0 Å². The Bertz CT molecular complexity index is 859. The molecule has 2 aromatic carbocycles. The fourth-order valence-electron chi connectivity index (χ4n) is 3.74. The third kappa shape index (κ3) is 6.07. The third-order valence-corrected chi connectivity index (χ3v) is 6.00. The van der Waals surface area contributed by atoms with Crippen molar-refractivity contribution in [1.29, 1.82) is 0 Å². The molecule has 1 heterocycles. The van der Waals surface area contributed by atoms with Crippen molar-refractivity contribution in [1.82, 2.24) is 10.2 Å². The molecule has 0 saturated carbocycles. The molecule has 0 bridgehead atoms. The molecule has 0 atom stereocenters. The molecule has 0 spiro atoms. The summed E-state index contributed by atoms with van der Waals surface area (Å²) in [7, 11) is 0. The minimum Gasteiger partial charge on any atom is -0.351 e. The number of amides is 2. The second-order valence-corrected chi connectivity index (χ2v) is 8.60. The minimum absolute atomic E-state index is 0.0924. The largest absolute Gasteiger partial charge is 0.351 e. The predicted molar refractivity (Wildman–Crippen MR) is 120 cm³/mol. The molecule has 0 aromatic heterocycles. The Hall–Kier alpha value is -2.37. The lowest BCUT2D eigenvalue weighted by atomic mass is 10.0. The molecular formula is C24H31ClN3O2+. The average Bonchev–Trinajstić information content (AvgIpc) is 2.75. The van der Waals surface area contributed by atoms with Crippen LogP contribution in [-0.4, -0.2) is 49.4 Å². The molecule has 30 heavy (non-hydrogen) atoms. The monoisotopic (exact) mass is 428 g/mol. The quantitative estimate of drug-likeness (QED) is 0.712. The van der Waals surface area contributed by atoms with Crippen molar-refractivity contribution in [3.05, 3.63) is 70.2 Å². The van der Waals surface area contributed by atoms with Crippen molar-refractivity contribution in [2.75, 3.05) is 32.7 Å². The first-order chi connectivity index (χ1) is 14.4. The molecule has 6 heteroatoms. The molecule has 0 radical (unpaired) electrons. The van der Waals surface area contributed by atoms with Crippen LogP contribution in [0.15, 0.2) is 48.5 Å². The Morgan fingerprint density at radius 1 is 1.07 bits per heavy atom. The maximum atomic E-state index is 12.5. The minimum atomic E-state index is -0.244. The van der Waals surface area contributed by atoms with Crippen LogP contribution in [0.1, 0.15) is 47.7 Å². The molecule has 3 rings (SSSR count). The standard InChI is InChI=1S/C24H30ClN3O2/c1-18(2)20-9-7-19(8-10-20)17-27-13-15-28(16-14-27)23(29)11-12-26-24(30)21-5-3-4-6-22(21)25/h3-10,18H,11-17H2,1-2H3,(H,26,30)/p+1. The van der Waals surface area contributed by atoms with Crippen molar-refractivity contribution in [2.24, 2.45) is 0 Å². The van der Waals surface area contributed by atoms with Gasteiger partial charge in [-0.15, -0.1) is 0 Å². The van der Waals surface area contributed by atoms with E-state index in [0.29, 0.717) is 29.5 Å². The molecule has 160 valence electrons. The molecule has 1 aliphatic rings. The highest BCUT2D eigenvalue weighted by molar-refractivity contribution is 6.33. The molecule has 5 nitrogen and oxygen atoms in total. The van der Waals surface area contributed by atoms with E-state index >= 15 is 0 Å². The van der Waals surface area contributed by atoms with E-state index in [0.717, 1.165) is 32.7 Å². The van der Waals surface area contributed by atoms with Crippen molar-refractivity contribution in [3.8, 4) is 0 Å². The molecule has 0 unspecified atom stereocenters.